The third kappa shape index (κ3) is 4.07. The molecule has 2 aliphatic rings. The monoisotopic (exact) mass is 464 g/mol. The Morgan fingerprint density at radius 2 is 2.00 bits per heavy atom. The molecular formula is C25H28N4O5. The second-order valence-corrected chi connectivity index (χ2v) is 9.03. The van der Waals surface area contributed by atoms with Crippen molar-refractivity contribution in [3.05, 3.63) is 58.1 Å². The van der Waals surface area contributed by atoms with Gasteiger partial charge in [-0.1, -0.05) is 6.07 Å². The molecule has 2 unspecified atom stereocenters. The van der Waals surface area contributed by atoms with Crippen LogP contribution in [0.1, 0.15) is 34.9 Å². The number of nitrogens with zero attached hydrogens (tertiary/aromatic N) is 2. The number of H-pyrrole nitrogens is 1. The van der Waals surface area contributed by atoms with Gasteiger partial charge in [-0.3, -0.25) is 9.59 Å². The number of piperidine rings is 1. The van der Waals surface area contributed by atoms with E-state index in [-0.39, 0.29) is 17.2 Å². The summed E-state index contributed by atoms with van der Waals surface area (Å²) < 4.78 is 12.1. The molecule has 9 heteroatoms. The fourth-order valence-corrected chi connectivity index (χ4v) is 5.33. The van der Waals surface area contributed by atoms with Crippen molar-refractivity contribution >= 4 is 28.5 Å². The maximum atomic E-state index is 12.9. The number of aromatic nitrogens is 2. The second kappa shape index (κ2) is 8.98. The van der Waals surface area contributed by atoms with E-state index in [1.807, 2.05) is 16.7 Å². The summed E-state index contributed by atoms with van der Waals surface area (Å²) in [5, 5.41) is 3.63. The number of likely N-dealkylation sites (tertiary alicyclic amines) is 1. The second-order valence-electron chi connectivity index (χ2n) is 9.03. The maximum absolute atomic E-state index is 12.9. The van der Waals surface area contributed by atoms with Crippen LogP contribution in [0.3, 0.4) is 0 Å². The smallest absolute Gasteiger partial charge is 0.356 e. The van der Waals surface area contributed by atoms with Crippen molar-refractivity contribution in [1.82, 2.24) is 14.5 Å². The van der Waals surface area contributed by atoms with Gasteiger partial charge in [0.05, 0.1) is 25.4 Å². The number of methoxy groups -OCH3 is 2. The van der Waals surface area contributed by atoms with Crippen molar-refractivity contribution < 1.29 is 19.1 Å². The fraction of sp³-hybridized carbons (Fsp3) is 0.400. The van der Waals surface area contributed by atoms with Gasteiger partial charge < -0.3 is 29.2 Å². The molecule has 2 aromatic heterocycles. The first kappa shape index (κ1) is 22.2. The first-order chi connectivity index (χ1) is 16.5. The highest BCUT2D eigenvalue weighted by Crippen LogP contribution is 2.35. The number of pyridine rings is 1. The van der Waals surface area contributed by atoms with Crippen molar-refractivity contribution in [2.75, 3.05) is 39.2 Å². The number of carbonyl (C=O) groups is 2. The van der Waals surface area contributed by atoms with Crippen LogP contribution in [0.4, 0.5) is 5.69 Å². The van der Waals surface area contributed by atoms with Crippen LogP contribution < -0.4 is 15.6 Å². The van der Waals surface area contributed by atoms with E-state index in [0.717, 1.165) is 31.7 Å². The predicted octanol–water partition coefficient (Wildman–Crippen LogP) is 2.57. The number of aromatic amines is 1. The number of hydrogen-bond donors (Lipinski definition) is 2. The number of ether oxygens (including phenoxy) is 2. The molecule has 0 radical (unpaired) electrons. The molecule has 1 aromatic carbocycles. The third-order valence-electron chi connectivity index (χ3n) is 6.87. The molecule has 2 N–H and O–H groups in total. The zero-order chi connectivity index (χ0) is 23.8. The minimum Gasteiger partial charge on any atom is -0.497 e. The SMILES string of the molecule is COC(=O)c1[nH]c2cc(OC)ccc2c1NC(=O)CCN1CC2CC(C1)c1cccc(=O)n1C2. The molecule has 3 aromatic rings. The van der Waals surface area contributed by atoms with Crippen LogP contribution in [0.2, 0.25) is 0 Å². The Balaban J connectivity index is 1.28. The Morgan fingerprint density at radius 3 is 2.79 bits per heavy atom. The van der Waals surface area contributed by atoms with Gasteiger partial charge in [0.1, 0.15) is 11.4 Å². The van der Waals surface area contributed by atoms with E-state index in [9.17, 15) is 14.4 Å². The van der Waals surface area contributed by atoms with E-state index in [4.69, 9.17) is 9.47 Å². The van der Waals surface area contributed by atoms with Gasteiger partial charge in [0.2, 0.25) is 5.91 Å². The third-order valence-corrected chi connectivity index (χ3v) is 6.87. The molecule has 0 spiro atoms. The molecule has 34 heavy (non-hydrogen) atoms. The molecule has 0 saturated carbocycles. The van der Waals surface area contributed by atoms with Crippen LogP contribution in [0, 0.1) is 5.92 Å². The Kier molecular flexibility index (Phi) is 5.87. The van der Waals surface area contributed by atoms with E-state index in [2.05, 4.69) is 15.2 Å². The molecule has 4 heterocycles. The number of nitrogens with one attached hydrogen (secondary N) is 2. The number of fused-ring (bicyclic) bond motifs is 5. The van der Waals surface area contributed by atoms with Gasteiger partial charge >= 0.3 is 5.97 Å². The average Bonchev–Trinajstić information content (AvgIpc) is 3.20. The van der Waals surface area contributed by atoms with Gasteiger partial charge in [-0.05, 0) is 30.5 Å². The lowest BCUT2D eigenvalue weighted by Gasteiger charge is -2.42. The molecule has 178 valence electrons. The molecular weight excluding hydrogens is 436 g/mol. The van der Waals surface area contributed by atoms with Gasteiger partial charge in [-0.15, -0.1) is 0 Å². The quantitative estimate of drug-likeness (QED) is 0.543. The molecule has 1 fully saturated rings. The van der Waals surface area contributed by atoms with Gasteiger partial charge in [0, 0.05) is 61.7 Å². The van der Waals surface area contributed by atoms with Crippen LogP contribution in [0.25, 0.3) is 10.9 Å². The lowest BCUT2D eigenvalue weighted by molar-refractivity contribution is -0.116. The van der Waals surface area contributed by atoms with Crippen molar-refractivity contribution in [3.8, 4) is 5.75 Å². The first-order valence-corrected chi connectivity index (χ1v) is 11.5. The Bertz CT molecular complexity index is 1310. The number of anilines is 1. The normalized spacial score (nSPS) is 19.5. The largest absolute Gasteiger partial charge is 0.497 e. The minimum atomic E-state index is -0.553. The van der Waals surface area contributed by atoms with Gasteiger partial charge in [-0.25, -0.2) is 4.79 Å². The zero-order valence-corrected chi connectivity index (χ0v) is 19.3. The summed E-state index contributed by atoms with van der Waals surface area (Å²) in [5.74, 6) is 0.628. The van der Waals surface area contributed by atoms with Crippen LogP contribution in [-0.2, 0) is 16.1 Å². The Labute approximate surface area is 196 Å². The number of rotatable bonds is 6. The van der Waals surface area contributed by atoms with Crippen LogP contribution in [-0.4, -0.2) is 60.2 Å². The summed E-state index contributed by atoms with van der Waals surface area (Å²) in [6.07, 6.45) is 1.37. The highest BCUT2D eigenvalue weighted by molar-refractivity contribution is 6.11. The fourth-order valence-electron chi connectivity index (χ4n) is 5.33. The Morgan fingerprint density at radius 1 is 1.15 bits per heavy atom. The lowest BCUT2D eigenvalue weighted by Crippen LogP contribution is -2.47. The van der Waals surface area contributed by atoms with Crippen molar-refractivity contribution in [3.63, 3.8) is 0 Å². The topological polar surface area (TPSA) is 106 Å². The van der Waals surface area contributed by atoms with Crippen LogP contribution >= 0.6 is 0 Å². The van der Waals surface area contributed by atoms with Crippen molar-refractivity contribution in [2.24, 2.45) is 5.92 Å². The average molecular weight is 465 g/mol. The van der Waals surface area contributed by atoms with Gasteiger partial charge in [0.25, 0.3) is 5.56 Å². The molecule has 9 nitrogen and oxygen atoms in total. The number of carbonyl (C=O) groups excluding carboxylic acids is 2. The van der Waals surface area contributed by atoms with Gasteiger partial charge in [-0.2, -0.15) is 0 Å². The molecule has 2 atom stereocenters. The summed E-state index contributed by atoms with van der Waals surface area (Å²) in [6, 6.07) is 10.8. The highest BCUT2D eigenvalue weighted by Gasteiger charge is 2.34. The number of amides is 1. The summed E-state index contributed by atoms with van der Waals surface area (Å²) in [5.41, 5.74) is 2.45. The van der Waals surface area contributed by atoms with Crippen LogP contribution in [0.5, 0.6) is 5.75 Å². The van der Waals surface area contributed by atoms with Gasteiger partial charge in [0.15, 0.2) is 0 Å². The lowest BCUT2D eigenvalue weighted by atomic mass is 9.83. The predicted molar refractivity (Wildman–Crippen MR) is 127 cm³/mol. The summed E-state index contributed by atoms with van der Waals surface area (Å²) in [7, 11) is 2.87. The Hall–Kier alpha value is -3.59. The minimum absolute atomic E-state index is 0.0674. The number of benzene rings is 1. The zero-order valence-electron chi connectivity index (χ0n) is 19.3. The van der Waals surface area contributed by atoms with E-state index < -0.39 is 5.97 Å². The summed E-state index contributed by atoms with van der Waals surface area (Å²) >= 11 is 0. The summed E-state index contributed by atoms with van der Waals surface area (Å²) in [6.45, 7) is 3.04. The standard InChI is InChI=1S/C25H28N4O5/c1-33-17-6-7-18-19(11-17)26-24(25(32)34-2)23(18)27-21(30)8-9-28-12-15-10-16(14-28)20-4-3-5-22(31)29(20)13-15/h3-7,11,15-16,26H,8-10,12-14H2,1-2H3,(H,27,30). The van der Waals surface area contributed by atoms with E-state index in [1.54, 1.807) is 31.4 Å². The molecule has 5 rings (SSSR count). The van der Waals surface area contributed by atoms with E-state index in [0.29, 0.717) is 47.1 Å². The van der Waals surface area contributed by atoms with Crippen LogP contribution in [0.15, 0.2) is 41.2 Å². The maximum Gasteiger partial charge on any atom is 0.356 e. The molecule has 2 bridgehead atoms. The van der Waals surface area contributed by atoms with E-state index >= 15 is 0 Å². The number of hydrogen-bond acceptors (Lipinski definition) is 6. The molecule has 1 amide bonds. The molecule has 1 saturated heterocycles. The molecule has 2 aliphatic heterocycles. The van der Waals surface area contributed by atoms with Crippen molar-refractivity contribution in [1.29, 1.82) is 0 Å². The van der Waals surface area contributed by atoms with Crippen molar-refractivity contribution in [2.45, 2.75) is 25.3 Å². The number of esters is 1. The first-order valence-electron chi connectivity index (χ1n) is 11.5. The molecule has 0 aliphatic carbocycles. The van der Waals surface area contributed by atoms with E-state index in [1.165, 1.54) is 7.11 Å². The summed E-state index contributed by atoms with van der Waals surface area (Å²) in [4.78, 5) is 42.8. The highest BCUT2D eigenvalue weighted by atomic mass is 16.5.